The molecular formula is C26H28ClFN2O3S. The number of aryl methyl sites for hydroxylation is 1. The first-order chi connectivity index (χ1) is 15.8. The van der Waals surface area contributed by atoms with E-state index in [4.69, 9.17) is 17.3 Å². The van der Waals surface area contributed by atoms with Crippen LogP contribution in [0.1, 0.15) is 55.1 Å². The summed E-state index contributed by atoms with van der Waals surface area (Å²) in [6.07, 6.45) is 1.65. The number of nitrogen functional groups attached to an aromatic ring is 1. The van der Waals surface area contributed by atoms with Crippen molar-refractivity contribution in [3.63, 3.8) is 0 Å². The van der Waals surface area contributed by atoms with E-state index in [1.807, 2.05) is 27.7 Å². The second-order valence-corrected chi connectivity index (χ2v) is 12.0. The van der Waals surface area contributed by atoms with Crippen molar-refractivity contribution in [1.29, 1.82) is 0 Å². The molecule has 2 N–H and O–H groups in total. The zero-order valence-electron chi connectivity index (χ0n) is 19.8. The first-order valence-corrected chi connectivity index (χ1v) is 12.5. The smallest absolute Gasteiger partial charge is 0.250 e. The SMILES string of the molecule is C[C@H](C[S@@](=O)C(C)(C)C)c1cc(=O)n(C)cc1-c1cc(N)c(Cl)cc1C(=O)c1ccc(F)cc1. The van der Waals surface area contributed by atoms with Gasteiger partial charge >= 0.3 is 0 Å². The summed E-state index contributed by atoms with van der Waals surface area (Å²) in [6, 6.07) is 9.85. The van der Waals surface area contributed by atoms with Crippen LogP contribution in [0, 0.1) is 5.82 Å². The number of anilines is 1. The summed E-state index contributed by atoms with van der Waals surface area (Å²) in [7, 11) is 0.464. The van der Waals surface area contributed by atoms with Crippen LogP contribution in [0.25, 0.3) is 11.1 Å². The molecule has 1 heterocycles. The lowest BCUT2D eigenvalue weighted by atomic mass is 9.88. The van der Waals surface area contributed by atoms with Crippen molar-refractivity contribution < 1.29 is 13.4 Å². The third kappa shape index (κ3) is 5.47. The van der Waals surface area contributed by atoms with E-state index in [0.29, 0.717) is 22.4 Å². The zero-order valence-corrected chi connectivity index (χ0v) is 21.4. The van der Waals surface area contributed by atoms with Crippen LogP contribution >= 0.6 is 11.6 Å². The highest BCUT2D eigenvalue weighted by Gasteiger charge is 2.26. The molecule has 0 saturated heterocycles. The highest BCUT2D eigenvalue weighted by Crippen LogP contribution is 2.36. The number of carbonyl (C=O) groups excluding carboxylic acids is 1. The first kappa shape index (κ1) is 25.8. The zero-order chi connectivity index (χ0) is 25.4. The Kier molecular flexibility index (Phi) is 7.48. The van der Waals surface area contributed by atoms with Gasteiger partial charge in [0, 0.05) is 57.3 Å². The second-order valence-electron chi connectivity index (χ2n) is 9.37. The molecule has 5 nitrogen and oxygen atoms in total. The van der Waals surface area contributed by atoms with Gasteiger partial charge in [-0.2, -0.15) is 0 Å². The maximum Gasteiger partial charge on any atom is 0.250 e. The number of hydrogen-bond acceptors (Lipinski definition) is 4. The van der Waals surface area contributed by atoms with E-state index in [0.717, 1.165) is 0 Å². The van der Waals surface area contributed by atoms with Gasteiger partial charge in [0.05, 0.1) is 10.7 Å². The molecular weight excluding hydrogens is 475 g/mol. The summed E-state index contributed by atoms with van der Waals surface area (Å²) in [5.41, 5.74) is 8.50. The van der Waals surface area contributed by atoms with E-state index in [-0.39, 0.29) is 39.1 Å². The monoisotopic (exact) mass is 502 g/mol. The Labute approximate surface area is 206 Å². The minimum atomic E-state index is -1.16. The summed E-state index contributed by atoms with van der Waals surface area (Å²) in [5, 5.41) is 0.211. The average molecular weight is 503 g/mol. The average Bonchev–Trinajstić information content (AvgIpc) is 2.76. The molecule has 34 heavy (non-hydrogen) atoms. The van der Waals surface area contributed by atoms with Gasteiger partial charge in [0.2, 0.25) is 0 Å². The quantitative estimate of drug-likeness (QED) is 0.366. The largest absolute Gasteiger partial charge is 0.398 e. The standard InChI is InChI=1S/C26H28ClFN2O3S/c1-15(14-34(33)26(2,3)4)18-12-24(31)30(5)13-21(18)19-11-23(29)22(27)10-20(19)25(32)16-6-8-17(28)9-7-16/h6-13,15H,14,29H2,1-5H3/t15-,34-/m1/s1. The second kappa shape index (κ2) is 9.84. The molecule has 0 aliphatic carbocycles. The first-order valence-electron chi connectivity index (χ1n) is 10.8. The van der Waals surface area contributed by atoms with E-state index in [9.17, 15) is 18.2 Å². The Bertz CT molecular complexity index is 1330. The van der Waals surface area contributed by atoms with Crippen LogP contribution in [0.3, 0.4) is 0 Å². The molecule has 180 valence electrons. The number of pyridine rings is 1. The fourth-order valence-electron chi connectivity index (χ4n) is 3.60. The molecule has 0 spiro atoms. The Balaban J connectivity index is 2.23. The lowest BCUT2D eigenvalue weighted by Crippen LogP contribution is -2.27. The molecule has 3 rings (SSSR count). The Morgan fingerprint density at radius 1 is 1.15 bits per heavy atom. The molecule has 1 aromatic heterocycles. The molecule has 2 aromatic carbocycles. The fourth-order valence-corrected chi connectivity index (χ4v) is 4.90. The molecule has 0 saturated carbocycles. The Hall–Kier alpha value is -2.77. The summed E-state index contributed by atoms with van der Waals surface area (Å²) in [5.74, 6) is -0.709. The molecule has 0 aliphatic heterocycles. The van der Waals surface area contributed by atoms with Gasteiger partial charge in [0.1, 0.15) is 5.82 Å². The van der Waals surface area contributed by atoms with Crippen molar-refractivity contribution in [1.82, 2.24) is 4.57 Å². The van der Waals surface area contributed by atoms with Gasteiger partial charge in [0.15, 0.2) is 5.78 Å². The van der Waals surface area contributed by atoms with Crippen LogP contribution in [0.4, 0.5) is 10.1 Å². The maximum atomic E-state index is 13.4. The summed E-state index contributed by atoms with van der Waals surface area (Å²) in [4.78, 5) is 26.0. The molecule has 0 fully saturated rings. The summed E-state index contributed by atoms with van der Waals surface area (Å²) < 4.78 is 27.3. The number of ketones is 1. The van der Waals surface area contributed by atoms with E-state index < -0.39 is 21.4 Å². The van der Waals surface area contributed by atoms with Gasteiger partial charge < -0.3 is 10.3 Å². The van der Waals surface area contributed by atoms with Gasteiger partial charge in [-0.05, 0) is 74.2 Å². The molecule has 2 atom stereocenters. The molecule has 3 aromatic rings. The molecule has 8 heteroatoms. The summed E-state index contributed by atoms with van der Waals surface area (Å²) >= 11 is 6.28. The molecule has 0 radical (unpaired) electrons. The predicted molar refractivity (Wildman–Crippen MR) is 138 cm³/mol. The third-order valence-corrected chi connectivity index (χ3v) is 8.15. The van der Waals surface area contributed by atoms with E-state index in [2.05, 4.69) is 0 Å². The minimum absolute atomic E-state index is 0.211. The maximum absolute atomic E-state index is 13.4. The number of nitrogens with two attached hydrogens (primary N) is 1. The molecule has 0 amide bonds. The van der Waals surface area contributed by atoms with Crippen molar-refractivity contribution in [2.45, 2.75) is 38.4 Å². The minimum Gasteiger partial charge on any atom is -0.398 e. The van der Waals surface area contributed by atoms with Crippen molar-refractivity contribution in [2.24, 2.45) is 7.05 Å². The van der Waals surface area contributed by atoms with Crippen LogP contribution in [-0.2, 0) is 17.8 Å². The van der Waals surface area contributed by atoms with Crippen molar-refractivity contribution in [2.75, 3.05) is 11.5 Å². The highest BCUT2D eigenvalue weighted by molar-refractivity contribution is 7.86. The summed E-state index contributed by atoms with van der Waals surface area (Å²) in [6.45, 7) is 7.61. The van der Waals surface area contributed by atoms with Gasteiger partial charge in [-0.25, -0.2) is 4.39 Å². The lowest BCUT2D eigenvalue weighted by molar-refractivity contribution is 0.103. The van der Waals surface area contributed by atoms with E-state index in [1.165, 1.54) is 41.0 Å². The van der Waals surface area contributed by atoms with Gasteiger partial charge in [-0.15, -0.1) is 0 Å². The number of halogens is 2. The van der Waals surface area contributed by atoms with Gasteiger partial charge in [-0.3, -0.25) is 13.8 Å². The molecule has 0 bridgehead atoms. The fraction of sp³-hybridized carbons (Fsp3) is 0.308. The number of rotatable bonds is 6. The van der Waals surface area contributed by atoms with Crippen molar-refractivity contribution >= 4 is 33.9 Å². The normalized spacial score (nSPS) is 13.5. The van der Waals surface area contributed by atoms with E-state index >= 15 is 0 Å². The lowest BCUT2D eigenvalue weighted by Gasteiger charge is -2.23. The van der Waals surface area contributed by atoms with Crippen LogP contribution in [0.15, 0.2) is 53.5 Å². The van der Waals surface area contributed by atoms with Crippen molar-refractivity contribution in [3.8, 4) is 11.1 Å². The van der Waals surface area contributed by atoms with E-state index in [1.54, 1.807) is 19.3 Å². The van der Waals surface area contributed by atoms with Crippen molar-refractivity contribution in [3.05, 3.63) is 86.5 Å². The molecule has 0 aliphatic rings. The van der Waals surface area contributed by atoms with Crippen LogP contribution in [-0.4, -0.2) is 25.1 Å². The number of carbonyl (C=O) groups is 1. The van der Waals surface area contributed by atoms with Crippen LogP contribution in [0.5, 0.6) is 0 Å². The van der Waals surface area contributed by atoms with Gasteiger partial charge in [0.25, 0.3) is 5.56 Å². The number of aromatic nitrogens is 1. The Morgan fingerprint density at radius 3 is 2.35 bits per heavy atom. The Morgan fingerprint density at radius 2 is 1.76 bits per heavy atom. The molecule has 0 unspecified atom stereocenters. The third-order valence-electron chi connectivity index (χ3n) is 5.65. The van der Waals surface area contributed by atoms with Crippen LogP contribution in [0.2, 0.25) is 5.02 Å². The van der Waals surface area contributed by atoms with Crippen LogP contribution < -0.4 is 11.3 Å². The topological polar surface area (TPSA) is 82.2 Å². The highest BCUT2D eigenvalue weighted by atomic mass is 35.5. The van der Waals surface area contributed by atoms with Gasteiger partial charge in [-0.1, -0.05) is 18.5 Å². The number of benzene rings is 2. The number of nitrogens with zero attached hydrogens (tertiary/aromatic N) is 1. The predicted octanol–water partition coefficient (Wildman–Crippen LogP) is 5.31. The number of hydrogen-bond donors (Lipinski definition) is 1.